The summed E-state index contributed by atoms with van der Waals surface area (Å²) in [6.45, 7) is 2.09. The third-order valence-electron chi connectivity index (χ3n) is 1.47. The maximum atomic E-state index is 11.4. The monoisotopic (exact) mass is 208 g/mol. The van der Waals surface area contributed by atoms with E-state index >= 15 is 0 Å². The minimum atomic E-state index is -3.52. The van der Waals surface area contributed by atoms with Crippen LogP contribution in [0.3, 0.4) is 0 Å². The molecule has 0 saturated carbocycles. The number of hydrogen-bond acceptors (Lipinski definition) is 3. The third kappa shape index (κ3) is 3.85. The molecule has 3 nitrogen and oxygen atoms in total. The fourth-order valence-corrected chi connectivity index (χ4v) is 1.86. The molecule has 0 aliphatic carbocycles. The molecule has 0 unspecified atom stereocenters. The van der Waals surface area contributed by atoms with Crippen LogP contribution < -0.4 is 18.9 Å². The fourth-order valence-electron chi connectivity index (χ4n) is 0.848. The summed E-state index contributed by atoms with van der Waals surface area (Å²) >= 11 is 0. The van der Waals surface area contributed by atoms with Crippen LogP contribution in [0.25, 0.3) is 0 Å². The van der Waals surface area contributed by atoms with Gasteiger partial charge in [-0.3, -0.25) is 4.18 Å². The Hall–Kier alpha value is -0.273. The zero-order chi connectivity index (χ0) is 9.73. The van der Waals surface area contributed by atoms with Crippen molar-refractivity contribution in [1.82, 2.24) is 0 Å². The molecule has 0 aliphatic rings. The summed E-state index contributed by atoms with van der Waals surface area (Å²) in [5, 5.41) is 0. The Balaban J connectivity index is 0. The van der Waals surface area contributed by atoms with Crippen LogP contribution in [0.15, 0.2) is 35.2 Å². The van der Waals surface area contributed by atoms with Crippen LogP contribution in [0.4, 0.5) is 0 Å². The molecule has 0 N–H and O–H groups in total. The predicted octanol–water partition coefficient (Wildman–Crippen LogP) is -1.08. The molecule has 14 heavy (non-hydrogen) atoms. The average molecular weight is 208 g/mol. The molecule has 1 aromatic rings. The van der Waals surface area contributed by atoms with Gasteiger partial charge in [-0.15, -0.1) is 0 Å². The summed E-state index contributed by atoms with van der Waals surface area (Å²) in [6.07, 6.45) is 0.687. The van der Waals surface area contributed by atoms with E-state index in [9.17, 15) is 8.42 Å². The first-order valence-corrected chi connectivity index (χ1v) is 5.52. The quantitative estimate of drug-likeness (QED) is 0.467. The zero-order valence-electron chi connectivity index (χ0n) is 9.43. The molecular formula is C9H13LiO3S. The first-order valence-electron chi connectivity index (χ1n) is 4.11. The maximum Gasteiger partial charge on any atom is 1.00 e. The van der Waals surface area contributed by atoms with E-state index < -0.39 is 10.1 Å². The van der Waals surface area contributed by atoms with Crippen LogP contribution in [0, 0.1) is 0 Å². The van der Waals surface area contributed by atoms with E-state index in [0.717, 1.165) is 0 Å². The van der Waals surface area contributed by atoms with Gasteiger partial charge < -0.3 is 1.43 Å². The molecule has 0 aliphatic heterocycles. The van der Waals surface area contributed by atoms with Gasteiger partial charge >= 0.3 is 18.9 Å². The summed E-state index contributed by atoms with van der Waals surface area (Å²) < 4.78 is 27.5. The molecule has 0 radical (unpaired) electrons. The van der Waals surface area contributed by atoms with Crippen LogP contribution in [-0.2, 0) is 14.3 Å². The molecule has 1 rings (SSSR count). The van der Waals surface area contributed by atoms with Gasteiger partial charge in [-0.1, -0.05) is 25.1 Å². The molecule has 0 saturated heterocycles. The van der Waals surface area contributed by atoms with Gasteiger partial charge in [0.05, 0.1) is 11.5 Å². The molecule has 1 aromatic carbocycles. The number of hydrogen-bond donors (Lipinski definition) is 0. The van der Waals surface area contributed by atoms with Gasteiger partial charge in [-0.05, 0) is 18.6 Å². The normalized spacial score (nSPS) is 10.6. The zero-order valence-corrected chi connectivity index (χ0v) is 9.25. The van der Waals surface area contributed by atoms with Crippen molar-refractivity contribution in [3.05, 3.63) is 30.3 Å². The van der Waals surface area contributed by atoms with Gasteiger partial charge in [0.15, 0.2) is 0 Å². The molecule has 0 heterocycles. The largest absolute Gasteiger partial charge is 1.00 e. The minimum absolute atomic E-state index is 0. The first kappa shape index (κ1) is 13.7. The van der Waals surface area contributed by atoms with Gasteiger partial charge in [-0.25, -0.2) is 0 Å². The second-order valence-electron chi connectivity index (χ2n) is 2.59. The van der Waals surface area contributed by atoms with Crippen LogP contribution >= 0.6 is 0 Å². The summed E-state index contributed by atoms with van der Waals surface area (Å²) in [6, 6.07) is 8.14. The van der Waals surface area contributed by atoms with E-state index in [1.165, 1.54) is 12.1 Å². The molecule has 74 valence electrons. The van der Waals surface area contributed by atoms with Gasteiger partial charge in [0.25, 0.3) is 10.1 Å². The fraction of sp³-hybridized carbons (Fsp3) is 0.333. The summed E-state index contributed by atoms with van der Waals surface area (Å²) in [4.78, 5) is 0.212. The molecule has 0 fully saturated rings. The third-order valence-corrected chi connectivity index (χ3v) is 2.80. The van der Waals surface area contributed by atoms with Crippen LogP contribution in [-0.4, -0.2) is 15.0 Å². The number of rotatable bonds is 4. The van der Waals surface area contributed by atoms with Crippen LogP contribution in [0.2, 0.25) is 0 Å². The minimum Gasteiger partial charge on any atom is -1.00 e. The average Bonchev–Trinajstić information content (AvgIpc) is 2.16. The molecular weight excluding hydrogens is 195 g/mol. The van der Waals surface area contributed by atoms with Crippen molar-refractivity contribution in [2.75, 3.05) is 6.61 Å². The van der Waals surface area contributed by atoms with Crippen molar-refractivity contribution >= 4 is 10.1 Å². The van der Waals surface area contributed by atoms with Crippen molar-refractivity contribution in [1.29, 1.82) is 0 Å². The van der Waals surface area contributed by atoms with E-state index in [1.807, 2.05) is 6.92 Å². The first-order chi connectivity index (χ1) is 6.17. The van der Waals surface area contributed by atoms with Crippen molar-refractivity contribution in [2.24, 2.45) is 0 Å². The Morgan fingerprint density at radius 1 is 1.29 bits per heavy atom. The van der Waals surface area contributed by atoms with E-state index in [0.29, 0.717) is 6.42 Å². The van der Waals surface area contributed by atoms with Gasteiger partial charge in [0, 0.05) is 0 Å². The van der Waals surface area contributed by atoms with E-state index in [2.05, 4.69) is 0 Å². The van der Waals surface area contributed by atoms with Crippen molar-refractivity contribution in [3.63, 3.8) is 0 Å². The second kappa shape index (κ2) is 6.26. The Kier molecular flexibility index (Phi) is 6.13. The standard InChI is InChI=1S/C9H12O3S.Li.H/c1-2-8-12-13(10,11)9-6-4-3-5-7-9;;/h3-7H,2,8H2,1H3;;/q;+1;-1. The molecule has 0 amide bonds. The van der Waals surface area contributed by atoms with E-state index in [1.54, 1.807) is 18.2 Å². The molecule has 0 atom stereocenters. The maximum absolute atomic E-state index is 11.4. The summed E-state index contributed by atoms with van der Waals surface area (Å²) in [5.74, 6) is 0. The Labute approximate surface area is 98.3 Å². The van der Waals surface area contributed by atoms with E-state index in [-0.39, 0.29) is 31.8 Å². The van der Waals surface area contributed by atoms with Crippen molar-refractivity contribution in [3.8, 4) is 0 Å². The Morgan fingerprint density at radius 2 is 1.86 bits per heavy atom. The SMILES string of the molecule is CCCOS(=O)(=O)c1ccccc1.[H-].[Li+]. The predicted molar refractivity (Wildman–Crippen MR) is 51.0 cm³/mol. The molecule has 0 aromatic heterocycles. The summed E-state index contributed by atoms with van der Waals surface area (Å²) in [7, 11) is -3.52. The molecule has 0 spiro atoms. The van der Waals surface area contributed by atoms with E-state index in [4.69, 9.17) is 4.18 Å². The molecule has 0 bridgehead atoms. The summed E-state index contributed by atoms with van der Waals surface area (Å²) in [5.41, 5.74) is 0. The second-order valence-corrected chi connectivity index (χ2v) is 4.20. The van der Waals surface area contributed by atoms with Crippen LogP contribution in [0.1, 0.15) is 14.8 Å². The van der Waals surface area contributed by atoms with Crippen LogP contribution in [0.5, 0.6) is 0 Å². The topological polar surface area (TPSA) is 43.4 Å². The van der Waals surface area contributed by atoms with Crippen molar-refractivity contribution in [2.45, 2.75) is 18.2 Å². The van der Waals surface area contributed by atoms with Crippen molar-refractivity contribution < 1.29 is 32.9 Å². The number of benzene rings is 1. The van der Waals surface area contributed by atoms with Gasteiger partial charge in [0.2, 0.25) is 0 Å². The Bertz CT molecular complexity index is 353. The van der Waals surface area contributed by atoms with Gasteiger partial charge in [0.1, 0.15) is 0 Å². The Morgan fingerprint density at radius 3 is 2.36 bits per heavy atom. The van der Waals surface area contributed by atoms with Gasteiger partial charge in [-0.2, -0.15) is 8.42 Å². The smallest absolute Gasteiger partial charge is 1.00 e. The molecule has 5 heteroatoms.